The predicted molar refractivity (Wildman–Crippen MR) is 101 cm³/mol. The number of nitrogens with one attached hydrogen (secondary N) is 1. The van der Waals surface area contributed by atoms with Crippen LogP contribution < -0.4 is 10.1 Å². The number of furan rings is 1. The minimum Gasteiger partial charge on any atom is -0.484 e. The number of carbonyl (C=O) groups excluding carboxylic acids is 1. The highest BCUT2D eigenvalue weighted by atomic mass is 79.9. The summed E-state index contributed by atoms with van der Waals surface area (Å²) < 4.78 is 13.9. The number of rotatable bonds is 8. The Kier molecular flexibility index (Phi) is 6.35. The van der Waals surface area contributed by atoms with Gasteiger partial charge in [-0.05, 0) is 46.6 Å². The molecule has 2 heterocycles. The van der Waals surface area contributed by atoms with Crippen molar-refractivity contribution in [2.24, 2.45) is 0 Å². The van der Waals surface area contributed by atoms with Gasteiger partial charge in [-0.2, -0.15) is 5.10 Å². The SMILES string of the molecule is O=C(NCCCn1cc(Br)cn1)c1ccc(COc2ccccc2Cl)o1. The molecule has 0 spiro atoms. The predicted octanol–water partition coefficient (Wildman–Crippen LogP) is 4.29. The van der Waals surface area contributed by atoms with E-state index >= 15 is 0 Å². The minimum atomic E-state index is -0.254. The van der Waals surface area contributed by atoms with Gasteiger partial charge in [-0.25, -0.2) is 0 Å². The summed E-state index contributed by atoms with van der Waals surface area (Å²) in [7, 11) is 0. The number of nitrogens with zero attached hydrogens (tertiary/aromatic N) is 2. The van der Waals surface area contributed by atoms with E-state index in [1.807, 2.05) is 23.0 Å². The van der Waals surface area contributed by atoms with E-state index in [1.165, 1.54) is 0 Å². The first-order chi connectivity index (χ1) is 12.6. The molecule has 0 saturated heterocycles. The fourth-order valence-corrected chi connectivity index (χ4v) is 2.80. The topological polar surface area (TPSA) is 69.3 Å². The van der Waals surface area contributed by atoms with Crippen molar-refractivity contribution in [3.05, 3.63) is 69.8 Å². The van der Waals surface area contributed by atoms with Crippen molar-refractivity contribution < 1.29 is 13.9 Å². The van der Waals surface area contributed by atoms with Gasteiger partial charge in [-0.15, -0.1) is 0 Å². The molecule has 136 valence electrons. The van der Waals surface area contributed by atoms with E-state index in [2.05, 4.69) is 26.3 Å². The monoisotopic (exact) mass is 437 g/mol. The largest absolute Gasteiger partial charge is 0.484 e. The molecule has 0 bridgehead atoms. The maximum absolute atomic E-state index is 12.1. The van der Waals surface area contributed by atoms with Crippen molar-refractivity contribution in [1.29, 1.82) is 0 Å². The Bertz CT molecular complexity index is 878. The molecule has 3 aromatic rings. The highest BCUT2D eigenvalue weighted by Crippen LogP contribution is 2.24. The Balaban J connectivity index is 1.43. The summed E-state index contributed by atoms with van der Waals surface area (Å²) in [6.07, 6.45) is 4.39. The highest BCUT2D eigenvalue weighted by molar-refractivity contribution is 9.10. The molecule has 0 aliphatic heterocycles. The van der Waals surface area contributed by atoms with Gasteiger partial charge in [0.2, 0.25) is 0 Å². The zero-order valence-corrected chi connectivity index (χ0v) is 16.2. The van der Waals surface area contributed by atoms with Crippen LogP contribution in [0.2, 0.25) is 5.02 Å². The van der Waals surface area contributed by atoms with Crippen molar-refractivity contribution >= 4 is 33.4 Å². The number of carbonyl (C=O) groups is 1. The number of ether oxygens (including phenoxy) is 1. The van der Waals surface area contributed by atoms with E-state index in [0.717, 1.165) is 17.4 Å². The second kappa shape index (κ2) is 8.91. The van der Waals surface area contributed by atoms with Crippen LogP contribution in [-0.4, -0.2) is 22.2 Å². The third-order valence-corrected chi connectivity index (χ3v) is 4.27. The zero-order valence-electron chi connectivity index (χ0n) is 13.8. The van der Waals surface area contributed by atoms with Crippen LogP contribution in [0.25, 0.3) is 0 Å². The molecule has 6 nitrogen and oxygen atoms in total. The Morgan fingerprint density at radius 1 is 1.31 bits per heavy atom. The number of amides is 1. The maximum atomic E-state index is 12.1. The summed E-state index contributed by atoms with van der Waals surface area (Å²) >= 11 is 9.38. The first-order valence-corrected chi connectivity index (χ1v) is 9.21. The maximum Gasteiger partial charge on any atom is 0.286 e. The summed E-state index contributed by atoms with van der Waals surface area (Å²) in [5.74, 6) is 1.12. The molecule has 0 fully saturated rings. The molecule has 0 aliphatic rings. The van der Waals surface area contributed by atoms with Crippen molar-refractivity contribution in [2.75, 3.05) is 6.54 Å². The normalized spacial score (nSPS) is 10.7. The molecule has 0 unspecified atom stereocenters. The second-order valence-electron chi connectivity index (χ2n) is 5.52. The van der Waals surface area contributed by atoms with Crippen molar-refractivity contribution in [2.45, 2.75) is 19.6 Å². The van der Waals surface area contributed by atoms with E-state index in [9.17, 15) is 4.79 Å². The standard InChI is InChI=1S/C18H17BrClN3O3/c19-13-10-22-23(11-13)9-3-8-21-18(24)17-7-6-14(26-17)12-25-16-5-2-1-4-15(16)20/h1-2,4-7,10-11H,3,8-9,12H2,(H,21,24). The lowest BCUT2D eigenvalue weighted by molar-refractivity contribution is 0.0921. The van der Waals surface area contributed by atoms with E-state index in [0.29, 0.717) is 23.1 Å². The number of benzene rings is 1. The van der Waals surface area contributed by atoms with Crippen LogP contribution in [-0.2, 0) is 13.2 Å². The lowest BCUT2D eigenvalue weighted by Crippen LogP contribution is -2.24. The summed E-state index contributed by atoms with van der Waals surface area (Å²) in [5.41, 5.74) is 0. The summed E-state index contributed by atoms with van der Waals surface area (Å²) in [5, 5.41) is 7.51. The Labute approximate surface area is 164 Å². The average Bonchev–Trinajstić information content (AvgIpc) is 3.27. The van der Waals surface area contributed by atoms with Gasteiger partial charge in [-0.1, -0.05) is 23.7 Å². The van der Waals surface area contributed by atoms with Crippen LogP contribution in [0.15, 0.2) is 57.7 Å². The van der Waals surface area contributed by atoms with Gasteiger partial charge < -0.3 is 14.5 Å². The lowest BCUT2D eigenvalue weighted by Gasteiger charge is -2.06. The first-order valence-electron chi connectivity index (χ1n) is 8.04. The average molecular weight is 439 g/mol. The Morgan fingerprint density at radius 2 is 2.15 bits per heavy atom. The quantitative estimate of drug-likeness (QED) is 0.533. The zero-order chi connectivity index (χ0) is 18.4. The highest BCUT2D eigenvalue weighted by Gasteiger charge is 2.11. The van der Waals surface area contributed by atoms with E-state index in [1.54, 1.807) is 30.5 Å². The smallest absolute Gasteiger partial charge is 0.286 e. The minimum absolute atomic E-state index is 0.200. The number of para-hydroxylation sites is 1. The van der Waals surface area contributed by atoms with Gasteiger partial charge in [-0.3, -0.25) is 9.48 Å². The van der Waals surface area contributed by atoms with Gasteiger partial charge in [0.25, 0.3) is 5.91 Å². The van der Waals surface area contributed by atoms with Crippen molar-refractivity contribution in [3.8, 4) is 5.75 Å². The van der Waals surface area contributed by atoms with Gasteiger partial charge in [0.05, 0.1) is 15.7 Å². The first kappa shape index (κ1) is 18.5. The van der Waals surface area contributed by atoms with Gasteiger partial charge >= 0.3 is 0 Å². The second-order valence-corrected chi connectivity index (χ2v) is 6.84. The molecule has 1 N–H and O–H groups in total. The molecule has 2 aromatic heterocycles. The van der Waals surface area contributed by atoms with Crippen LogP contribution in [0.3, 0.4) is 0 Å². The Hall–Kier alpha value is -2.25. The number of hydrogen-bond acceptors (Lipinski definition) is 4. The van der Waals surface area contributed by atoms with Crippen molar-refractivity contribution in [1.82, 2.24) is 15.1 Å². The third-order valence-electron chi connectivity index (χ3n) is 3.54. The fraction of sp³-hybridized carbons (Fsp3) is 0.222. The lowest BCUT2D eigenvalue weighted by atomic mass is 10.3. The van der Waals surface area contributed by atoms with Crippen LogP contribution in [0, 0.1) is 0 Å². The molecule has 0 radical (unpaired) electrons. The summed E-state index contributed by atoms with van der Waals surface area (Å²) in [6.45, 7) is 1.45. The summed E-state index contributed by atoms with van der Waals surface area (Å²) in [4.78, 5) is 12.1. The van der Waals surface area contributed by atoms with Crippen LogP contribution in [0.1, 0.15) is 22.7 Å². The molecular formula is C18H17BrClN3O3. The fourth-order valence-electron chi connectivity index (χ4n) is 2.28. The van der Waals surface area contributed by atoms with Gasteiger partial charge in [0.15, 0.2) is 5.76 Å². The van der Waals surface area contributed by atoms with E-state index in [-0.39, 0.29) is 18.3 Å². The number of aromatic nitrogens is 2. The van der Waals surface area contributed by atoms with E-state index < -0.39 is 0 Å². The molecular weight excluding hydrogens is 422 g/mol. The molecule has 0 atom stereocenters. The molecule has 8 heteroatoms. The van der Waals surface area contributed by atoms with Gasteiger partial charge in [0.1, 0.15) is 18.1 Å². The molecule has 0 saturated carbocycles. The molecule has 3 rings (SSSR count). The molecule has 1 aromatic carbocycles. The molecule has 26 heavy (non-hydrogen) atoms. The van der Waals surface area contributed by atoms with E-state index in [4.69, 9.17) is 20.8 Å². The third kappa shape index (κ3) is 5.12. The summed E-state index contributed by atoms with van der Waals surface area (Å²) in [6, 6.07) is 10.5. The molecule has 1 amide bonds. The van der Waals surface area contributed by atoms with Crippen LogP contribution in [0.4, 0.5) is 0 Å². The van der Waals surface area contributed by atoms with Gasteiger partial charge in [0, 0.05) is 19.3 Å². The van der Waals surface area contributed by atoms with Crippen LogP contribution in [0.5, 0.6) is 5.75 Å². The Morgan fingerprint density at radius 3 is 2.92 bits per heavy atom. The van der Waals surface area contributed by atoms with Crippen molar-refractivity contribution in [3.63, 3.8) is 0 Å². The van der Waals surface area contributed by atoms with Crippen LogP contribution >= 0.6 is 27.5 Å². The number of aryl methyl sites for hydroxylation is 1. The number of halogens is 2. The number of hydrogen-bond donors (Lipinski definition) is 1. The molecule has 0 aliphatic carbocycles.